The minimum atomic E-state index is -3.89. The molecule has 0 radical (unpaired) electrons. The number of hydrogen-bond donors (Lipinski definition) is 1. The van der Waals surface area contributed by atoms with Crippen LogP contribution in [0.4, 0.5) is 0 Å². The van der Waals surface area contributed by atoms with Gasteiger partial charge in [-0.3, -0.25) is 4.79 Å². The van der Waals surface area contributed by atoms with Crippen molar-refractivity contribution in [1.82, 2.24) is 9.29 Å². The van der Waals surface area contributed by atoms with Gasteiger partial charge in [-0.15, -0.1) is 0 Å². The van der Waals surface area contributed by atoms with E-state index < -0.39 is 15.4 Å². The van der Waals surface area contributed by atoms with Gasteiger partial charge in [0.15, 0.2) is 5.78 Å². The third kappa shape index (κ3) is 3.71. The number of aromatic nitrogens is 1. The van der Waals surface area contributed by atoms with Crippen molar-refractivity contribution in [3.63, 3.8) is 0 Å². The lowest BCUT2D eigenvalue weighted by Crippen LogP contribution is -2.36. The molecular weight excluding hydrogens is 446 g/mol. The van der Waals surface area contributed by atoms with Crippen molar-refractivity contribution in [1.29, 1.82) is 5.26 Å². The summed E-state index contributed by atoms with van der Waals surface area (Å²) in [5.41, 5.74) is 1.59. The van der Waals surface area contributed by atoms with E-state index in [2.05, 4.69) is 11.4 Å². The van der Waals surface area contributed by atoms with E-state index in [4.69, 9.17) is 0 Å². The first-order valence-electron chi connectivity index (χ1n) is 11.1. The molecule has 3 aromatic carbocycles. The first-order valence-corrected chi connectivity index (χ1v) is 12.5. The maximum absolute atomic E-state index is 13.8. The molecule has 0 bridgehead atoms. The van der Waals surface area contributed by atoms with Gasteiger partial charge in [-0.1, -0.05) is 48.5 Å². The molecular formula is C27H23N3O3S. The molecule has 1 atom stereocenters. The third-order valence-electron chi connectivity index (χ3n) is 6.56. The van der Waals surface area contributed by atoms with Crippen LogP contribution in [0.5, 0.6) is 0 Å². The van der Waals surface area contributed by atoms with E-state index in [9.17, 15) is 18.5 Å². The van der Waals surface area contributed by atoms with E-state index in [0.29, 0.717) is 35.9 Å². The average molecular weight is 470 g/mol. The number of hydrogen-bond acceptors (Lipinski definition) is 5. The first-order chi connectivity index (χ1) is 16.4. The summed E-state index contributed by atoms with van der Waals surface area (Å²) >= 11 is 0. The smallest absolute Gasteiger partial charge is 0.268 e. The normalized spacial score (nSPS) is 18.1. The Kier molecular flexibility index (Phi) is 5.56. The zero-order valence-corrected chi connectivity index (χ0v) is 19.3. The Labute approximate surface area is 198 Å². The largest absolute Gasteiger partial charge is 0.316 e. The van der Waals surface area contributed by atoms with Crippen LogP contribution in [0.3, 0.4) is 0 Å². The predicted molar refractivity (Wildman–Crippen MR) is 130 cm³/mol. The van der Waals surface area contributed by atoms with Gasteiger partial charge in [-0.05, 0) is 55.3 Å². The molecule has 34 heavy (non-hydrogen) atoms. The van der Waals surface area contributed by atoms with Crippen LogP contribution in [0.2, 0.25) is 0 Å². The standard InChI is InChI=1S/C27H23N3O3S/c28-17-22-18-30(34(32,33)23-9-5-2-6-10-23)25-12-11-21(15-24(22)25)26(31)27(13-14-29-19-27)16-20-7-3-1-4-8-20/h1-12,15,18,29H,13-14,16,19H2. The van der Waals surface area contributed by atoms with Crippen LogP contribution in [-0.2, 0) is 16.4 Å². The summed E-state index contributed by atoms with van der Waals surface area (Å²) in [6, 6.07) is 25.1. The van der Waals surface area contributed by atoms with E-state index in [1.807, 2.05) is 30.3 Å². The molecule has 1 fully saturated rings. The number of fused-ring (bicyclic) bond motifs is 1. The zero-order chi connectivity index (χ0) is 23.8. The zero-order valence-electron chi connectivity index (χ0n) is 18.4. The van der Waals surface area contributed by atoms with Gasteiger partial charge in [0.05, 0.1) is 21.4 Å². The lowest BCUT2D eigenvalue weighted by atomic mass is 9.74. The molecule has 0 amide bonds. The Balaban J connectivity index is 1.58. The van der Waals surface area contributed by atoms with Crippen LogP contribution in [0.25, 0.3) is 10.9 Å². The van der Waals surface area contributed by atoms with Gasteiger partial charge in [0.2, 0.25) is 0 Å². The molecule has 1 aliphatic rings. The summed E-state index contributed by atoms with van der Waals surface area (Å²) in [5.74, 6) is 0.00538. The van der Waals surface area contributed by atoms with Crippen LogP contribution < -0.4 is 5.32 Å². The molecule has 1 saturated heterocycles. The fourth-order valence-corrected chi connectivity index (χ4v) is 6.19. The SMILES string of the molecule is N#Cc1cn(S(=O)(=O)c2ccccc2)c2ccc(C(=O)C3(Cc4ccccc4)CCNC3)cc12. The van der Waals surface area contributed by atoms with E-state index in [1.165, 1.54) is 18.3 Å². The highest BCUT2D eigenvalue weighted by Crippen LogP contribution is 2.36. The summed E-state index contributed by atoms with van der Waals surface area (Å²) in [6.45, 7) is 1.34. The molecule has 5 rings (SSSR count). The van der Waals surface area contributed by atoms with Crippen molar-refractivity contribution in [2.75, 3.05) is 13.1 Å². The minimum Gasteiger partial charge on any atom is -0.316 e. The Morgan fingerprint density at radius 2 is 1.74 bits per heavy atom. The Bertz CT molecular complexity index is 1510. The van der Waals surface area contributed by atoms with Gasteiger partial charge in [0.25, 0.3) is 10.0 Å². The molecule has 170 valence electrons. The Morgan fingerprint density at radius 3 is 2.38 bits per heavy atom. The monoisotopic (exact) mass is 469 g/mol. The molecule has 0 aliphatic carbocycles. The fourth-order valence-electron chi connectivity index (χ4n) is 4.80. The highest BCUT2D eigenvalue weighted by atomic mass is 32.2. The lowest BCUT2D eigenvalue weighted by molar-refractivity contribution is 0.0816. The number of rotatable bonds is 6. The van der Waals surface area contributed by atoms with E-state index >= 15 is 0 Å². The van der Waals surface area contributed by atoms with Crippen LogP contribution in [0.1, 0.15) is 27.9 Å². The van der Waals surface area contributed by atoms with Crippen molar-refractivity contribution in [2.45, 2.75) is 17.7 Å². The maximum atomic E-state index is 13.8. The van der Waals surface area contributed by atoms with Crippen LogP contribution in [0.15, 0.2) is 90.0 Å². The molecule has 0 saturated carbocycles. The summed E-state index contributed by atoms with van der Waals surface area (Å²) in [5, 5.41) is 13.5. The van der Waals surface area contributed by atoms with Crippen LogP contribution in [0, 0.1) is 16.7 Å². The van der Waals surface area contributed by atoms with Gasteiger partial charge >= 0.3 is 0 Å². The van der Waals surface area contributed by atoms with E-state index in [0.717, 1.165) is 16.1 Å². The number of carbonyl (C=O) groups excluding carboxylic acids is 1. The number of ketones is 1. The second-order valence-corrected chi connectivity index (χ2v) is 10.5. The van der Waals surface area contributed by atoms with Gasteiger partial charge < -0.3 is 5.32 Å². The van der Waals surface area contributed by atoms with E-state index in [-0.39, 0.29) is 16.2 Å². The number of nitriles is 1. The highest BCUT2D eigenvalue weighted by molar-refractivity contribution is 7.90. The quantitative estimate of drug-likeness (QED) is 0.428. The molecule has 1 N–H and O–H groups in total. The van der Waals surface area contributed by atoms with Crippen molar-refractivity contribution >= 4 is 26.7 Å². The molecule has 2 heterocycles. The second-order valence-electron chi connectivity index (χ2n) is 8.70. The van der Waals surface area contributed by atoms with Crippen molar-refractivity contribution in [3.05, 3.63) is 102 Å². The maximum Gasteiger partial charge on any atom is 0.268 e. The fraction of sp³-hybridized carbons (Fsp3) is 0.185. The molecule has 1 aliphatic heterocycles. The van der Waals surface area contributed by atoms with Gasteiger partial charge in [0.1, 0.15) is 6.07 Å². The predicted octanol–water partition coefficient (Wildman–Crippen LogP) is 4.16. The Morgan fingerprint density at radius 1 is 1.03 bits per heavy atom. The number of Topliss-reactive ketones (excluding diaryl/α,β-unsaturated/α-hetero) is 1. The van der Waals surface area contributed by atoms with Crippen molar-refractivity contribution in [3.8, 4) is 6.07 Å². The van der Waals surface area contributed by atoms with Crippen molar-refractivity contribution < 1.29 is 13.2 Å². The van der Waals surface area contributed by atoms with Crippen molar-refractivity contribution in [2.24, 2.45) is 5.41 Å². The van der Waals surface area contributed by atoms with Gasteiger partial charge in [0, 0.05) is 23.7 Å². The highest BCUT2D eigenvalue weighted by Gasteiger charge is 2.41. The summed E-state index contributed by atoms with van der Waals surface area (Å²) in [6.07, 6.45) is 2.66. The second kappa shape index (κ2) is 8.56. The van der Waals surface area contributed by atoms with Crippen LogP contribution >= 0.6 is 0 Å². The third-order valence-corrected chi connectivity index (χ3v) is 8.25. The van der Waals surface area contributed by atoms with Crippen LogP contribution in [-0.4, -0.2) is 31.3 Å². The molecule has 4 aromatic rings. The summed E-state index contributed by atoms with van der Waals surface area (Å²) in [7, 11) is -3.89. The molecule has 0 spiro atoms. The topological polar surface area (TPSA) is 92.0 Å². The lowest BCUT2D eigenvalue weighted by Gasteiger charge is -2.27. The molecule has 1 unspecified atom stereocenters. The molecule has 7 heteroatoms. The number of benzene rings is 3. The number of nitrogens with one attached hydrogen (secondary N) is 1. The van der Waals surface area contributed by atoms with Gasteiger partial charge in [-0.25, -0.2) is 12.4 Å². The molecule has 6 nitrogen and oxygen atoms in total. The summed E-state index contributed by atoms with van der Waals surface area (Å²) in [4.78, 5) is 13.9. The number of nitrogens with zero attached hydrogens (tertiary/aromatic N) is 2. The molecule has 1 aromatic heterocycles. The van der Waals surface area contributed by atoms with Gasteiger partial charge in [-0.2, -0.15) is 5.26 Å². The summed E-state index contributed by atoms with van der Waals surface area (Å²) < 4.78 is 27.6. The first kappa shape index (κ1) is 22.1. The average Bonchev–Trinajstić information content (AvgIpc) is 3.50. The Hall–Kier alpha value is -3.73. The number of carbonyl (C=O) groups is 1. The minimum absolute atomic E-state index is 0.00538. The van der Waals surface area contributed by atoms with E-state index in [1.54, 1.807) is 36.4 Å².